The van der Waals surface area contributed by atoms with Crippen molar-refractivity contribution < 1.29 is 9.72 Å². The Morgan fingerprint density at radius 3 is 2.67 bits per heavy atom. The molecule has 3 N–H and O–H groups in total. The number of hydrogen-bond acceptors (Lipinski definition) is 5. The molecule has 7 heteroatoms. The summed E-state index contributed by atoms with van der Waals surface area (Å²) in [5.41, 5.74) is 8.06. The molecule has 0 aliphatic carbocycles. The number of fused-ring (bicyclic) bond motifs is 1. The van der Waals surface area contributed by atoms with E-state index in [9.17, 15) is 14.9 Å². The highest BCUT2D eigenvalue weighted by Crippen LogP contribution is 2.25. The Morgan fingerprint density at radius 2 is 1.96 bits per heavy atom. The lowest BCUT2D eigenvalue weighted by atomic mass is 9.94. The van der Waals surface area contributed by atoms with Crippen LogP contribution in [-0.2, 0) is 13.0 Å². The minimum Gasteiger partial charge on any atom is -0.393 e. The topological polar surface area (TPSA) is 102 Å². The summed E-state index contributed by atoms with van der Waals surface area (Å²) in [6.07, 6.45) is 0.984. The SMILES string of the molecule is CC(C)(CNC(=O)c1ccc(N)c([N+](=O)[O-])c1)N1CCc2ccccc2C1. The van der Waals surface area contributed by atoms with Gasteiger partial charge in [-0.05, 0) is 43.5 Å². The quantitative estimate of drug-likeness (QED) is 0.480. The Hall–Kier alpha value is -2.93. The van der Waals surface area contributed by atoms with Crippen LogP contribution in [0.5, 0.6) is 0 Å². The number of carbonyl (C=O) groups is 1. The van der Waals surface area contributed by atoms with Crippen molar-refractivity contribution in [2.45, 2.75) is 32.4 Å². The Kier molecular flexibility index (Phi) is 5.14. The van der Waals surface area contributed by atoms with E-state index in [4.69, 9.17) is 5.73 Å². The molecule has 0 spiro atoms. The highest BCUT2D eigenvalue weighted by Gasteiger charge is 2.30. The van der Waals surface area contributed by atoms with Gasteiger partial charge in [0.15, 0.2) is 0 Å². The molecule has 1 aliphatic rings. The minimum absolute atomic E-state index is 0.0452. The van der Waals surface area contributed by atoms with E-state index < -0.39 is 4.92 Å². The van der Waals surface area contributed by atoms with E-state index in [0.29, 0.717) is 6.54 Å². The van der Waals surface area contributed by atoms with Gasteiger partial charge in [0.1, 0.15) is 5.69 Å². The lowest BCUT2D eigenvalue weighted by Crippen LogP contribution is -2.53. The number of nitro groups is 1. The molecular formula is C20H24N4O3. The van der Waals surface area contributed by atoms with Crippen LogP contribution in [0.3, 0.4) is 0 Å². The van der Waals surface area contributed by atoms with Gasteiger partial charge >= 0.3 is 0 Å². The second kappa shape index (κ2) is 7.36. The maximum absolute atomic E-state index is 12.5. The average Bonchev–Trinajstić information content (AvgIpc) is 2.66. The van der Waals surface area contributed by atoms with Crippen molar-refractivity contribution in [2.75, 3.05) is 18.8 Å². The smallest absolute Gasteiger partial charge is 0.292 e. The normalized spacial score (nSPS) is 14.4. The number of hydrogen-bond donors (Lipinski definition) is 2. The zero-order chi connectivity index (χ0) is 19.6. The van der Waals surface area contributed by atoms with E-state index in [1.807, 2.05) is 6.07 Å². The van der Waals surface area contributed by atoms with Crippen LogP contribution in [0.2, 0.25) is 0 Å². The first-order chi connectivity index (χ1) is 12.8. The minimum atomic E-state index is -0.582. The average molecular weight is 368 g/mol. The van der Waals surface area contributed by atoms with E-state index in [0.717, 1.165) is 19.5 Å². The molecule has 2 aromatic carbocycles. The Bertz CT molecular complexity index is 879. The third kappa shape index (κ3) is 4.09. The molecule has 0 unspecified atom stereocenters. The first kappa shape index (κ1) is 18.8. The molecule has 2 aromatic rings. The molecule has 7 nitrogen and oxygen atoms in total. The molecule has 0 aromatic heterocycles. The van der Waals surface area contributed by atoms with Crippen LogP contribution in [0.15, 0.2) is 42.5 Å². The van der Waals surface area contributed by atoms with Crippen molar-refractivity contribution in [2.24, 2.45) is 0 Å². The van der Waals surface area contributed by atoms with Gasteiger partial charge in [0.05, 0.1) is 4.92 Å². The molecule has 1 amide bonds. The van der Waals surface area contributed by atoms with Crippen molar-refractivity contribution in [1.82, 2.24) is 10.2 Å². The number of nitrogens with zero attached hydrogens (tertiary/aromatic N) is 2. The van der Waals surface area contributed by atoms with Crippen LogP contribution in [-0.4, -0.2) is 34.4 Å². The second-order valence-corrected chi connectivity index (χ2v) is 7.47. The number of amides is 1. The first-order valence-corrected chi connectivity index (χ1v) is 8.92. The van der Waals surface area contributed by atoms with Gasteiger partial charge in [0.25, 0.3) is 11.6 Å². The number of benzene rings is 2. The highest BCUT2D eigenvalue weighted by molar-refractivity contribution is 5.95. The fourth-order valence-corrected chi connectivity index (χ4v) is 3.37. The molecule has 0 atom stereocenters. The monoisotopic (exact) mass is 368 g/mol. The lowest BCUT2D eigenvalue weighted by Gasteiger charge is -2.41. The number of nitrogens with two attached hydrogens (primary N) is 1. The van der Waals surface area contributed by atoms with Gasteiger partial charge < -0.3 is 11.1 Å². The molecular weight excluding hydrogens is 344 g/mol. The Labute approximate surface area is 158 Å². The van der Waals surface area contributed by atoms with Crippen LogP contribution in [0.4, 0.5) is 11.4 Å². The molecule has 0 radical (unpaired) electrons. The molecule has 1 heterocycles. The van der Waals surface area contributed by atoms with Crippen LogP contribution in [0, 0.1) is 10.1 Å². The summed E-state index contributed by atoms with van der Waals surface area (Å²) in [6, 6.07) is 12.5. The summed E-state index contributed by atoms with van der Waals surface area (Å²) in [4.78, 5) is 25.2. The molecule has 142 valence electrons. The van der Waals surface area contributed by atoms with Crippen molar-refractivity contribution in [1.29, 1.82) is 0 Å². The summed E-state index contributed by atoms with van der Waals surface area (Å²) >= 11 is 0. The summed E-state index contributed by atoms with van der Waals surface area (Å²) in [7, 11) is 0. The number of anilines is 1. The molecule has 3 rings (SSSR count). The summed E-state index contributed by atoms with van der Waals surface area (Å²) in [5, 5.41) is 13.9. The van der Waals surface area contributed by atoms with Gasteiger partial charge in [-0.2, -0.15) is 0 Å². The van der Waals surface area contributed by atoms with Gasteiger partial charge in [-0.3, -0.25) is 19.8 Å². The van der Waals surface area contributed by atoms with Gasteiger partial charge in [-0.25, -0.2) is 0 Å². The fourth-order valence-electron chi connectivity index (χ4n) is 3.37. The van der Waals surface area contributed by atoms with Crippen LogP contribution in [0.25, 0.3) is 0 Å². The van der Waals surface area contributed by atoms with Crippen molar-refractivity contribution in [3.8, 4) is 0 Å². The van der Waals surface area contributed by atoms with Crippen LogP contribution < -0.4 is 11.1 Å². The van der Waals surface area contributed by atoms with E-state index in [1.54, 1.807) is 0 Å². The Morgan fingerprint density at radius 1 is 1.26 bits per heavy atom. The van der Waals surface area contributed by atoms with E-state index in [1.165, 1.54) is 29.3 Å². The first-order valence-electron chi connectivity index (χ1n) is 8.92. The zero-order valence-electron chi connectivity index (χ0n) is 15.6. The molecule has 27 heavy (non-hydrogen) atoms. The zero-order valence-corrected chi connectivity index (χ0v) is 15.6. The number of nitro benzene ring substituents is 1. The largest absolute Gasteiger partial charge is 0.393 e. The molecule has 0 saturated carbocycles. The maximum Gasteiger partial charge on any atom is 0.292 e. The van der Waals surface area contributed by atoms with Crippen molar-refractivity contribution >= 4 is 17.3 Å². The summed E-state index contributed by atoms with van der Waals surface area (Å²) in [6.45, 7) is 6.38. The van der Waals surface area contributed by atoms with Crippen molar-refractivity contribution in [3.05, 3.63) is 69.3 Å². The van der Waals surface area contributed by atoms with Gasteiger partial charge in [-0.15, -0.1) is 0 Å². The molecule has 1 aliphatic heterocycles. The fraction of sp³-hybridized carbons (Fsp3) is 0.350. The summed E-state index contributed by atoms with van der Waals surface area (Å²) in [5.74, 6) is -0.344. The molecule has 0 bridgehead atoms. The Balaban J connectivity index is 1.66. The van der Waals surface area contributed by atoms with Crippen LogP contribution >= 0.6 is 0 Å². The number of rotatable bonds is 5. The van der Waals surface area contributed by atoms with Gasteiger partial charge in [0, 0.05) is 36.8 Å². The number of nitrogen functional groups attached to an aromatic ring is 1. The molecule has 0 fully saturated rings. The highest BCUT2D eigenvalue weighted by atomic mass is 16.6. The molecule has 0 saturated heterocycles. The summed E-state index contributed by atoms with van der Waals surface area (Å²) < 4.78 is 0. The number of nitrogens with one attached hydrogen (secondary N) is 1. The van der Waals surface area contributed by atoms with Gasteiger partial charge in [-0.1, -0.05) is 24.3 Å². The van der Waals surface area contributed by atoms with Crippen LogP contribution in [0.1, 0.15) is 35.3 Å². The standard InChI is InChI=1S/C20H24N4O3/c1-20(2,23-10-9-14-5-3-4-6-16(14)12-23)13-22-19(25)15-7-8-17(21)18(11-15)24(26)27/h3-8,11H,9-10,12-13,21H2,1-2H3,(H,22,25). The van der Waals surface area contributed by atoms with E-state index >= 15 is 0 Å². The van der Waals surface area contributed by atoms with Gasteiger partial charge in [0.2, 0.25) is 0 Å². The van der Waals surface area contributed by atoms with E-state index in [-0.39, 0.29) is 28.4 Å². The predicted molar refractivity (Wildman–Crippen MR) is 104 cm³/mol. The van der Waals surface area contributed by atoms with E-state index in [2.05, 4.69) is 42.3 Å². The van der Waals surface area contributed by atoms with Crippen molar-refractivity contribution in [3.63, 3.8) is 0 Å². The lowest BCUT2D eigenvalue weighted by molar-refractivity contribution is -0.383. The third-order valence-electron chi connectivity index (χ3n) is 5.16. The second-order valence-electron chi connectivity index (χ2n) is 7.47. The third-order valence-corrected chi connectivity index (χ3v) is 5.16. The predicted octanol–water partition coefficient (Wildman–Crippen LogP) is 2.74. The number of carbonyl (C=O) groups excluding carboxylic acids is 1. The maximum atomic E-state index is 12.5.